The van der Waals surface area contributed by atoms with Gasteiger partial charge in [0, 0.05) is 19.2 Å². The molecular weight excluding hydrogens is 472 g/mol. The van der Waals surface area contributed by atoms with Crippen LogP contribution in [0.1, 0.15) is 6.42 Å². The van der Waals surface area contributed by atoms with Crippen molar-refractivity contribution in [3.8, 4) is 0 Å². The Morgan fingerprint density at radius 1 is 0.879 bits per heavy atom. The molecule has 0 bridgehead atoms. The topological polar surface area (TPSA) is 263 Å². The number of carbonyl (C=O) groups is 4. The molecule has 3 atom stereocenters. The van der Waals surface area contributed by atoms with E-state index < -0.39 is 87.0 Å². The molecule has 17 heteroatoms. The van der Waals surface area contributed by atoms with Crippen molar-refractivity contribution < 1.29 is 52.9 Å². The average molecular weight is 492 g/mol. The molecule has 0 radical (unpaired) electrons. The normalized spacial score (nSPS) is 14.1. The fraction of sp³-hybridized carbons (Fsp3) is 0.375. The lowest BCUT2D eigenvalue weighted by atomic mass is 10.2. The second-order valence-corrected chi connectivity index (χ2v) is 8.12. The highest BCUT2D eigenvalue weighted by molar-refractivity contribution is 7.89. The summed E-state index contributed by atoms with van der Waals surface area (Å²) in [4.78, 5) is 53.9. The second-order valence-electron chi connectivity index (χ2n) is 6.43. The van der Waals surface area contributed by atoms with Crippen molar-refractivity contribution in [2.75, 3.05) is 13.1 Å². The number of nitrogens with one attached hydrogen (secondary N) is 3. The molecule has 33 heavy (non-hydrogen) atoms. The number of hydrogen-bond donors (Lipinski definition) is 7. The van der Waals surface area contributed by atoms with E-state index in [2.05, 4.69) is 10.6 Å². The van der Waals surface area contributed by atoms with Gasteiger partial charge in [-0.1, -0.05) is 12.1 Å². The molecule has 0 heterocycles. The highest BCUT2D eigenvalue weighted by atomic mass is 32.2. The van der Waals surface area contributed by atoms with E-state index in [0.29, 0.717) is 0 Å². The molecule has 0 saturated carbocycles. The van der Waals surface area contributed by atoms with Crippen LogP contribution in [0.5, 0.6) is 0 Å². The molecular formula is C16H20N4O12S. The number of benzene rings is 1. The van der Waals surface area contributed by atoms with Gasteiger partial charge in [-0.15, -0.1) is 0 Å². The minimum Gasteiger partial charge on any atom is -0.481 e. The smallest absolute Gasteiger partial charge is 0.323 e. The number of carboxylic acid groups (broad SMARTS) is 4. The quantitative estimate of drug-likeness (QED) is 0.102. The minimum atomic E-state index is -4.72. The maximum atomic E-state index is 12.5. The molecule has 0 unspecified atom stereocenters. The third kappa shape index (κ3) is 8.41. The molecule has 1 rings (SSSR count). The first-order valence-electron chi connectivity index (χ1n) is 8.89. The Balaban J connectivity index is 2.95. The van der Waals surface area contributed by atoms with E-state index in [1.807, 2.05) is 0 Å². The van der Waals surface area contributed by atoms with Crippen LogP contribution in [0.2, 0.25) is 0 Å². The van der Waals surface area contributed by atoms with Crippen LogP contribution in [0.4, 0.5) is 5.69 Å². The molecule has 0 aliphatic heterocycles. The summed E-state index contributed by atoms with van der Waals surface area (Å²) in [6, 6.07) is -1.09. The number of rotatable bonds is 15. The molecule has 0 saturated heterocycles. The molecule has 0 fully saturated rings. The van der Waals surface area contributed by atoms with Gasteiger partial charge in [0.2, 0.25) is 10.0 Å². The fourth-order valence-corrected chi connectivity index (χ4v) is 3.82. The Morgan fingerprint density at radius 3 is 1.85 bits per heavy atom. The predicted molar refractivity (Wildman–Crippen MR) is 106 cm³/mol. The highest BCUT2D eigenvalue weighted by Gasteiger charge is 2.32. The maximum absolute atomic E-state index is 12.5. The van der Waals surface area contributed by atoms with Crippen molar-refractivity contribution in [3.05, 3.63) is 34.4 Å². The standard InChI is InChI=1S/C16H20N4O12S/c21-13(22)5-8(14(23)24)17-6-9(15(25)26)18-7-10(16(27)28)19-33(31,32)12-4-2-1-3-11(12)20(29)30/h1-4,8-10,17-19H,5-7H2,(H,21,22)(H,23,24)(H,25,26)(H,27,28)/t8-,9-,10-/m0/s1. The van der Waals surface area contributed by atoms with E-state index >= 15 is 0 Å². The lowest BCUT2D eigenvalue weighted by molar-refractivity contribution is -0.387. The molecule has 0 aliphatic carbocycles. The SMILES string of the molecule is O=C(O)C[C@H](NC[C@H](NC[C@H](NS(=O)(=O)c1ccccc1[N+](=O)[O-])C(=O)O)C(=O)O)C(=O)O. The van der Waals surface area contributed by atoms with Crippen LogP contribution in [0.3, 0.4) is 0 Å². The number of nitro groups is 1. The number of hydrogen-bond acceptors (Lipinski definition) is 10. The van der Waals surface area contributed by atoms with Gasteiger partial charge >= 0.3 is 23.9 Å². The fourth-order valence-electron chi connectivity index (χ4n) is 2.45. The Bertz CT molecular complexity index is 1030. The number of carboxylic acids is 4. The number of sulfonamides is 1. The zero-order valence-electron chi connectivity index (χ0n) is 16.6. The van der Waals surface area contributed by atoms with E-state index in [9.17, 15) is 47.9 Å². The number of aliphatic carboxylic acids is 4. The first kappa shape index (κ1) is 27.4. The van der Waals surface area contributed by atoms with Gasteiger partial charge in [-0.25, -0.2) is 8.42 Å². The zero-order chi connectivity index (χ0) is 25.3. The van der Waals surface area contributed by atoms with E-state index in [0.717, 1.165) is 12.1 Å². The van der Waals surface area contributed by atoms with Crippen LogP contribution in [0.25, 0.3) is 0 Å². The third-order valence-corrected chi connectivity index (χ3v) is 5.58. The van der Waals surface area contributed by atoms with Gasteiger partial charge in [0.05, 0.1) is 11.3 Å². The van der Waals surface area contributed by atoms with Crippen molar-refractivity contribution >= 4 is 39.6 Å². The summed E-state index contributed by atoms with van der Waals surface area (Å²) in [6.45, 7) is -1.46. The molecule has 182 valence electrons. The summed E-state index contributed by atoms with van der Waals surface area (Å²) in [6.07, 6.45) is -0.866. The van der Waals surface area contributed by atoms with E-state index in [-0.39, 0.29) is 0 Å². The number of nitro benzene ring substituents is 1. The van der Waals surface area contributed by atoms with Gasteiger partial charge in [0.1, 0.15) is 18.1 Å². The van der Waals surface area contributed by atoms with Gasteiger partial charge < -0.3 is 31.1 Å². The summed E-state index contributed by atoms with van der Waals surface area (Å²) < 4.78 is 26.7. The molecule has 7 N–H and O–H groups in total. The first-order valence-corrected chi connectivity index (χ1v) is 10.4. The van der Waals surface area contributed by atoms with E-state index in [4.69, 9.17) is 10.2 Å². The van der Waals surface area contributed by atoms with Gasteiger partial charge in [0.15, 0.2) is 4.90 Å². The van der Waals surface area contributed by atoms with Crippen molar-refractivity contribution in [2.24, 2.45) is 0 Å². The van der Waals surface area contributed by atoms with Crippen LogP contribution < -0.4 is 15.4 Å². The average Bonchev–Trinajstić information content (AvgIpc) is 2.70. The molecule has 0 amide bonds. The molecule has 0 aromatic heterocycles. The van der Waals surface area contributed by atoms with Gasteiger partial charge in [0.25, 0.3) is 5.69 Å². The van der Waals surface area contributed by atoms with Crippen molar-refractivity contribution in [2.45, 2.75) is 29.4 Å². The predicted octanol–water partition coefficient (Wildman–Crippen LogP) is -2.11. The largest absolute Gasteiger partial charge is 0.481 e. The second kappa shape index (κ2) is 11.8. The van der Waals surface area contributed by atoms with Crippen molar-refractivity contribution in [1.82, 2.24) is 15.4 Å². The summed E-state index contributed by atoms with van der Waals surface area (Å²) in [5, 5.41) is 51.7. The number of nitrogens with zero attached hydrogens (tertiary/aromatic N) is 1. The lowest BCUT2D eigenvalue weighted by Gasteiger charge is -2.21. The zero-order valence-corrected chi connectivity index (χ0v) is 17.4. The van der Waals surface area contributed by atoms with Crippen molar-refractivity contribution in [1.29, 1.82) is 0 Å². The highest BCUT2D eigenvalue weighted by Crippen LogP contribution is 2.22. The van der Waals surface area contributed by atoms with Crippen LogP contribution >= 0.6 is 0 Å². The van der Waals surface area contributed by atoms with Crippen LogP contribution in [-0.4, -0.2) is 88.9 Å². The Morgan fingerprint density at radius 2 is 1.36 bits per heavy atom. The van der Waals surface area contributed by atoms with Gasteiger partial charge in [-0.05, 0) is 6.07 Å². The Kier molecular flexibility index (Phi) is 9.79. The summed E-state index contributed by atoms with van der Waals surface area (Å²) in [7, 11) is -4.72. The molecule has 0 aliphatic rings. The summed E-state index contributed by atoms with van der Waals surface area (Å²) in [5.41, 5.74) is -0.812. The maximum Gasteiger partial charge on any atom is 0.323 e. The lowest BCUT2D eigenvalue weighted by Crippen LogP contribution is -2.54. The summed E-state index contributed by atoms with van der Waals surface area (Å²) in [5.74, 6) is -6.35. The van der Waals surface area contributed by atoms with Crippen LogP contribution in [0, 0.1) is 10.1 Å². The van der Waals surface area contributed by atoms with E-state index in [1.165, 1.54) is 12.1 Å². The molecule has 1 aromatic rings. The van der Waals surface area contributed by atoms with Crippen molar-refractivity contribution in [3.63, 3.8) is 0 Å². The van der Waals surface area contributed by atoms with Gasteiger partial charge in [-0.2, -0.15) is 4.72 Å². The Hall–Kier alpha value is -3.67. The summed E-state index contributed by atoms with van der Waals surface area (Å²) >= 11 is 0. The monoisotopic (exact) mass is 492 g/mol. The third-order valence-electron chi connectivity index (χ3n) is 4.06. The van der Waals surface area contributed by atoms with Crippen LogP contribution in [0.15, 0.2) is 29.2 Å². The van der Waals surface area contributed by atoms with E-state index in [1.54, 1.807) is 4.72 Å². The van der Waals surface area contributed by atoms with Gasteiger partial charge in [-0.3, -0.25) is 29.3 Å². The molecule has 16 nitrogen and oxygen atoms in total. The molecule has 1 aromatic carbocycles. The van der Waals surface area contributed by atoms with Crippen LogP contribution in [-0.2, 0) is 29.2 Å². The number of para-hydroxylation sites is 1. The Labute approximate surface area is 185 Å². The molecule has 0 spiro atoms. The minimum absolute atomic E-state index is 0.650. The first-order chi connectivity index (χ1) is 15.3.